The average Bonchev–Trinajstić information content (AvgIpc) is 3.21. The van der Waals surface area contributed by atoms with Gasteiger partial charge in [-0.05, 0) is 51.6 Å². The van der Waals surface area contributed by atoms with Gasteiger partial charge in [0.2, 0.25) is 17.7 Å². The van der Waals surface area contributed by atoms with Gasteiger partial charge in [0, 0.05) is 26.7 Å². The topological polar surface area (TPSA) is 82.2 Å². The maximum Gasteiger partial charge on any atom is 0.245 e. The maximum atomic E-state index is 13.8. The van der Waals surface area contributed by atoms with Gasteiger partial charge in [0.15, 0.2) is 0 Å². The van der Waals surface area contributed by atoms with E-state index in [9.17, 15) is 14.4 Å². The predicted octanol–water partition coefficient (Wildman–Crippen LogP) is 3.00. The third-order valence-electron chi connectivity index (χ3n) is 7.64. The molecule has 1 rings (SSSR count). The van der Waals surface area contributed by atoms with Crippen LogP contribution in [-0.2, 0) is 19.1 Å². The van der Waals surface area contributed by atoms with Gasteiger partial charge in [0.05, 0.1) is 24.6 Å². The summed E-state index contributed by atoms with van der Waals surface area (Å²) in [5, 5.41) is 3.03. The summed E-state index contributed by atoms with van der Waals surface area (Å²) in [5.74, 6) is -0.0808. The molecular formula is C27H52N4O4. The van der Waals surface area contributed by atoms with Crippen molar-refractivity contribution in [2.24, 2.45) is 17.8 Å². The molecule has 1 heterocycles. The number of methoxy groups -OCH3 is 1. The fraction of sp³-hybridized carbons (Fsp3) is 0.889. The van der Waals surface area contributed by atoms with Crippen molar-refractivity contribution in [3.05, 3.63) is 0 Å². The fourth-order valence-corrected chi connectivity index (χ4v) is 5.43. The number of hydrogen-bond acceptors (Lipinski definition) is 5. The molecule has 0 unspecified atom stereocenters. The number of ether oxygens (including phenoxy) is 1. The van der Waals surface area contributed by atoms with Gasteiger partial charge >= 0.3 is 0 Å². The van der Waals surface area contributed by atoms with Crippen LogP contribution in [0.4, 0.5) is 0 Å². The Bertz CT molecular complexity index is 689. The van der Waals surface area contributed by atoms with E-state index in [0.717, 1.165) is 25.8 Å². The van der Waals surface area contributed by atoms with Crippen LogP contribution in [0.15, 0.2) is 0 Å². The summed E-state index contributed by atoms with van der Waals surface area (Å²) in [6, 6.07) is -1.03. The highest BCUT2D eigenvalue weighted by Crippen LogP contribution is 2.25. The molecule has 0 radical (unpaired) electrons. The lowest BCUT2D eigenvalue weighted by Gasteiger charge is -2.40. The molecule has 0 aliphatic carbocycles. The van der Waals surface area contributed by atoms with Crippen LogP contribution in [-0.4, -0.2) is 97.5 Å². The van der Waals surface area contributed by atoms with Crippen LogP contribution in [0, 0.1) is 17.8 Å². The van der Waals surface area contributed by atoms with E-state index >= 15 is 0 Å². The Hall–Kier alpha value is -1.67. The summed E-state index contributed by atoms with van der Waals surface area (Å²) in [7, 11) is 7.15. The van der Waals surface area contributed by atoms with Crippen LogP contribution in [0.1, 0.15) is 74.1 Å². The molecule has 1 saturated heterocycles. The van der Waals surface area contributed by atoms with Crippen LogP contribution in [0.25, 0.3) is 0 Å². The number of amides is 3. The maximum absolute atomic E-state index is 13.8. The highest BCUT2D eigenvalue weighted by atomic mass is 16.5. The largest absolute Gasteiger partial charge is 0.379 e. The van der Waals surface area contributed by atoms with E-state index in [-0.39, 0.29) is 60.0 Å². The summed E-state index contributed by atoms with van der Waals surface area (Å²) in [6.07, 6.45) is 2.70. The molecular weight excluding hydrogens is 444 g/mol. The zero-order valence-corrected chi connectivity index (χ0v) is 24.1. The minimum atomic E-state index is -0.660. The van der Waals surface area contributed by atoms with E-state index in [1.165, 1.54) is 0 Å². The number of rotatable bonds is 13. The Morgan fingerprint density at radius 3 is 2.06 bits per heavy atom. The van der Waals surface area contributed by atoms with Crippen molar-refractivity contribution >= 4 is 17.7 Å². The summed E-state index contributed by atoms with van der Waals surface area (Å²) in [4.78, 5) is 45.6. The van der Waals surface area contributed by atoms with Crippen LogP contribution in [0.3, 0.4) is 0 Å². The first-order valence-corrected chi connectivity index (χ1v) is 13.3. The molecule has 0 aromatic heterocycles. The summed E-state index contributed by atoms with van der Waals surface area (Å²) < 4.78 is 5.86. The molecule has 1 aliphatic heterocycles. The second-order valence-corrected chi connectivity index (χ2v) is 11.3. The van der Waals surface area contributed by atoms with Crippen molar-refractivity contribution in [2.75, 3.05) is 34.8 Å². The van der Waals surface area contributed by atoms with E-state index < -0.39 is 12.1 Å². The monoisotopic (exact) mass is 496 g/mol. The summed E-state index contributed by atoms with van der Waals surface area (Å²) in [6.45, 7) is 14.9. The van der Waals surface area contributed by atoms with Gasteiger partial charge < -0.3 is 19.9 Å². The van der Waals surface area contributed by atoms with E-state index in [2.05, 4.69) is 26.1 Å². The van der Waals surface area contributed by atoms with Crippen molar-refractivity contribution < 1.29 is 19.1 Å². The predicted molar refractivity (Wildman–Crippen MR) is 141 cm³/mol. The quantitative estimate of drug-likeness (QED) is 0.424. The molecule has 1 aliphatic rings. The third-order valence-corrected chi connectivity index (χ3v) is 7.64. The van der Waals surface area contributed by atoms with E-state index in [1.807, 2.05) is 51.6 Å². The lowest BCUT2D eigenvalue weighted by Crippen LogP contribution is -2.59. The molecule has 8 heteroatoms. The zero-order chi connectivity index (χ0) is 27.0. The highest BCUT2D eigenvalue weighted by Gasteiger charge is 2.39. The number of carbonyl (C=O) groups is 3. The van der Waals surface area contributed by atoms with Crippen LogP contribution in [0.5, 0.6) is 0 Å². The first-order chi connectivity index (χ1) is 16.3. The number of hydrogen-bond donors (Lipinski definition) is 1. The van der Waals surface area contributed by atoms with Crippen LogP contribution < -0.4 is 5.32 Å². The zero-order valence-electron chi connectivity index (χ0n) is 24.1. The van der Waals surface area contributed by atoms with Gasteiger partial charge in [0.25, 0.3) is 0 Å². The van der Waals surface area contributed by atoms with E-state index in [4.69, 9.17) is 4.74 Å². The van der Waals surface area contributed by atoms with Crippen molar-refractivity contribution in [3.8, 4) is 0 Å². The molecule has 0 bridgehead atoms. The smallest absolute Gasteiger partial charge is 0.245 e. The highest BCUT2D eigenvalue weighted by molar-refractivity contribution is 5.90. The molecule has 0 saturated carbocycles. The number of nitrogens with zero attached hydrogens (tertiary/aromatic N) is 3. The second-order valence-electron chi connectivity index (χ2n) is 11.3. The van der Waals surface area contributed by atoms with Gasteiger partial charge in [-0.1, -0.05) is 48.0 Å². The lowest BCUT2D eigenvalue weighted by molar-refractivity contribution is -0.146. The Kier molecular flexibility index (Phi) is 12.7. The summed E-state index contributed by atoms with van der Waals surface area (Å²) in [5.41, 5.74) is 0. The van der Waals surface area contributed by atoms with Crippen molar-refractivity contribution in [1.29, 1.82) is 0 Å². The first kappa shape index (κ1) is 31.4. The van der Waals surface area contributed by atoms with Crippen molar-refractivity contribution in [3.63, 3.8) is 0 Å². The molecule has 0 aromatic rings. The molecule has 0 spiro atoms. The number of likely N-dealkylation sites (tertiary alicyclic amines) is 1. The van der Waals surface area contributed by atoms with Crippen LogP contribution in [0.2, 0.25) is 0 Å². The van der Waals surface area contributed by atoms with Crippen LogP contribution >= 0.6 is 0 Å². The summed E-state index contributed by atoms with van der Waals surface area (Å²) >= 11 is 0. The van der Waals surface area contributed by atoms with E-state index in [0.29, 0.717) is 0 Å². The van der Waals surface area contributed by atoms with E-state index in [1.54, 1.807) is 19.1 Å². The average molecular weight is 497 g/mol. The second kappa shape index (κ2) is 14.2. The third kappa shape index (κ3) is 8.17. The van der Waals surface area contributed by atoms with Gasteiger partial charge in [-0.15, -0.1) is 0 Å². The van der Waals surface area contributed by atoms with Crippen molar-refractivity contribution in [2.45, 2.75) is 104 Å². The molecule has 3 amide bonds. The molecule has 6 atom stereocenters. The van der Waals surface area contributed by atoms with Gasteiger partial charge in [-0.2, -0.15) is 0 Å². The minimum absolute atomic E-state index is 0.0791. The molecule has 204 valence electrons. The number of likely N-dealkylation sites (N-methyl/N-ethyl adjacent to an activating group) is 2. The Morgan fingerprint density at radius 2 is 1.66 bits per heavy atom. The number of carbonyl (C=O) groups excluding carboxylic acids is 3. The van der Waals surface area contributed by atoms with Gasteiger partial charge in [-0.25, -0.2) is 0 Å². The normalized spacial score (nSPS) is 20.6. The van der Waals surface area contributed by atoms with Gasteiger partial charge in [0.1, 0.15) is 6.04 Å². The van der Waals surface area contributed by atoms with Gasteiger partial charge in [-0.3, -0.25) is 19.3 Å². The molecule has 0 aromatic carbocycles. The first-order valence-electron chi connectivity index (χ1n) is 13.3. The Balaban J connectivity index is 3.15. The molecule has 1 N–H and O–H groups in total. The SMILES string of the molecule is CC[C@H](C)[C@@H]([C@@H](CC(=O)N1CCC[C@H]1C)OC)N(C)C(=O)[C@@H](NC(=O)[C@H](C(C)C)N(C)C)C(C)C. The molecule has 8 nitrogen and oxygen atoms in total. The van der Waals surface area contributed by atoms with Crippen molar-refractivity contribution in [1.82, 2.24) is 20.0 Å². The Morgan fingerprint density at radius 1 is 1.06 bits per heavy atom. The standard InChI is InChI=1S/C27H52N4O4/c1-12-19(6)25(21(35-11)16-22(32)31-15-13-14-20(31)7)30(10)27(34)23(17(2)3)28-26(33)24(18(4)5)29(8)9/h17-21,23-25H,12-16H2,1-11H3,(H,28,33)/t19-,20+,21+,23-,24-,25-/m0/s1. The molecule has 35 heavy (non-hydrogen) atoms. The molecule has 1 fully saturated rings. The minimum Gasteiger partial charge on any atom is -0.379 e. The lowest BCUT2D eigenvalue weighted by atomic mass is 9.89. The number of nitrogens with one attached hydrogen (secondary N) is 1. The Labute approximate surface area is 214 Å². The fourth-order valence-electron chi connectivity index (χ4n) is 5.43.